The van der Waals surface area contributed by atoms with Crippen molar-refractivity contribution in [3.63, 3.8) is 0 Å². The molecule has 0 unspecified atom stereocenters. The number of hydrogen-bond donors (Lipinski definition) is 2. The fourth-order valence-electron chi connectivity index (χ4n) is 5.53. The first kappa shape index (κ1) is 22.8. The van der Waals surface area contributed by atoms with Crippen molar-refractivity contribution in [2.75, 3.05) is 33.4 Å². The lowest BCUT2D eigenvalue weighted by atomic mass is 9.63. The summed E-state index contributed by atoms with van der Waals surface area (Å²) in [6.07, 6.45) is 7.28. The van der Waals surface area contributed by atoms with Crippen LogP contribution >= 0.6 is 0 Å². The fraction of sp³-hybridized carbons (Fsp3) is 0.519. The van der Waals surface area contributed by atoms with Gasteiger partial charge in [0.1, 0.15) is 11.2 Å². The maximum absolute atomic E-state index is 12.4. The molecule has 1 saturated carbocycles. The third-order valence-corrected chi connectivity index (χ3v) is 8.21. The molecular formula is C27H32N4O4. The molecule has 1 aromatic carbocycles. The molecule has 8 nitrogen and oxygen atoms in total. The van der Waals surface area contributed by atoms with Crippen molar-refractivity contribution in [2.45, 2.75) is 49.7 Å². The van der Waals surface area contributed by atoms with Gasteiger partial charge in [0.25, 0.3) is 5.89 Å². The Bertz CT molecular complexity index is 1200. The summed E-state index contributed by atoms with van der Waals surface area (Å²) in [6, 6.07) is 10.4. The molecule has 2 N–H and O–H groups in total. The van der Waals surface area contributed by atoms with E-state index in [0.29, 0.717) is 67.9 Å². The van der Waals surface area contributed by atoms with E-state index in [4.69, 9.17) is 14.0 Å². The molecule has 2 aliphatic heterocycles. The predicted molar refractivity (Wildman–Crippen MR) is 129 cm³/mol. The summed E-state index contributed by atoms with van der Waals surface area (Å²) < 4.78 is 17.0. The molecule has 3 fully saturated rings. The van der Waals surface area contributed by atoms with Gasteiger partial charge >= 0.3 is 0 Å². The van der Waals surface area contributed by atoms with Gasteiger partial charge in [0, 0.05) is 69.6 Å². The normalized spacial score (nSPS) is 22.8. The molecule has 8 heteroatoms. The molecule has 1 atom stereocenters. The van der Waals surface area contributed by atoms with Gasteiger partial charge in [-0.05, 0) is 36.0 Å². The average Bonchev–Trinajstić information content (AvgIpc) is 3.62. The molecule has 184 valence electrons. The van der Waals surface area contributed by atoms with Crippen molar-refractivity contribution in [1.82, 2.24) is 20.4 Å². The van der Waals surface area contributed by atoms with E-state index in [9.17, 15) is 5.11 Å². The zero-order chi connectivity index (χ0) is 24.1. The minimum atomic E-state index is -1.22. The molecule has 6 rings (SSSR count). The van der Waals surface area contributed by atoms with Crippen LogP contribution in [0.3, 0.4) is 0 Å². The Morgan fingerprint density at radius 1 is 1.09 bits per heavy atom. The first-order chi connectivity index (χ1) is 17.0. The molecule has 1 aliphatic carbocycles. The van der Waals surface area contributed by atoms with Crippen LogP contribution in [0, 0.1) is 5.41 Å². The topological polar surface area (TPSA) is 103 Å². The number of benzene rings is 1. The number of nitrogens with zero attached hydrogens (tertiary/aromatic N) is 3. The summed E-state index contributed by atoms with van der Waals surface area (Å²) >= 11 is 0. The monoisotopic (exact) mass is 476 g/mol. The van der Waals surface area contributed by atoms with Crippen LogP contribution < -0.4 is 5.32 Å². The van der Waals surface area contributed by atoms with Gasteiger partial charge in [-0.15, -0.1) is 0 Å². The predicted octanol–water partition coefficient (Wildman–Crippen LogP) is 3.51. The van der Waals surface area contributed by atoms with Gasteiger partial charge in [0.05, 0.1) is 5.56 Å². The van der Waals surface area contributed by atoms with Crippen molar-refractivity contribution in [1.29, 1.82) is 0 Å². The summed E-state index contributed by atoms with van der Waals surface area (Å²) in [5, 5.41) is 19.9. The average molecular weight is 477 g/mol. The lowest BCUT2D eigenvalue weighted by Gasteiger charge is -2.52. The van der Waals surface area contributed by atoms with Gasteiger partial charge in [0.15, 0.2) is 0 Å². The van der Waals surface area contributed by atoms with Crippen LogP contribution in [0.4, 0.5) is 0 Å². The van der Waals surface area contributed by atoms with E-state index in [2.05, 4.69) is 51.6 Å². The van der Waals surface area contributed by atoms with Gasteiger partial charge in [0.2, 0.25) is 5.82 Å². The van der Waals surface area contributed by atoms with Crippen LogP contribution in [0.1, 0.15) is 61.0 Å². The Kier molecular flexibility index (Phi) is 5.52. The van der Waals surface area contributed by atoms with Crippen LogP contribution in [0.25, 0.3) is 11.5 Å². The van der Waals surface area contributed by atoms with E-state index in [1.807, 2.05) is 6.07 Å². The zero-order valence-electron chi connectivity index (χ0n) is 20.3. The first-order valence-electron chi connectivity index (χ1n) is 12.4. The van der Waals surface area contributed by atoms with Gasteiger partial charge < -0.3 is 24.4 Å². The van der Waals surface area contributed by atoms with E-state index < -0.39 is 11.2 Å². The summed E-state index contributed by atoms with van der Waals surface area (Å²) in [7, 11) is 1.67. The summed E-state index contributed by atoms with van der Waals surface area (Å²) in [4.78, 5) is 9.17. The van der Waals surface area contributed by atoms with Crippen LogP contribution in [-0.4, -0.2) is 53.6 Å². The van der Waals surface area contributed by atoms with E-state index in [-0.39, 0.29) is 5.41 Å². The number of aromatic nitrogens is 3. The number of nitrogens with one attached hydrogen (secondary N) is 1. The SMILES string of the molecule is COC1(c2noc(-c3cncc([C@@](O)(c4ccc(C5CC5)cc4)C4(C)CNC4)c3)n2)CCOCC1. The van der Waals surface area contributed by atoms with Crippen LogP contribution in [0.15, 0.2) is 47.2 Å². The highest BCUT2D eigenvalue weighted by atomic mass is 16.5. The van der Waals surface area contributed by atoms with Gasteiger partial charge in [-0.25, -0.2) is 0 Å². The minimum Gasteiger partial charge on any atom is -0.381 e. The van der Waals surface area contributed by atoms with Gasteiger partial charge in [-0.1, -0.05) is 36.3 Å². The van der Waals surface area contributed by atoms with Gasteiger partial charge in [-0.2, -0.15) is 4.98 Å². The second-order valence-corrected chi connectivity index (χ2v) is 10.5. The summed E-state index contributed by atoms with van der Waals surface area (Å²) in [6.45, 7) is 4.72. The van der Waals surface area contributed by atoms with Crippen molar-refractivity contribution in [3.8, 4) is 11.5 Å². The smallest absolute Gasteiger partial charge is 0.259 e. The molecule has 2 aromatic heterocycles. The molecule has 0 radical (unpaired) electrons. The zero-order valence-corrected chi connectivity index (χ0v) is 20.3. The molecule has 3 aromatic rings. The molecule has 35 heavy (non-hydrogen) atoms. The van der Waals surface area contributed by atoms with Crippen molar-refractivity contribution in [3.05, 3.63) is 65.2 Å². The second kappa shape index (κ2) is 8.48. The minimum absolute atomic E-state index is 0.362. The van der Waals surface area contributed by atoms with Crippen LogP contribution in [-0.2, 0) is 20.7 Å². The first-order valence-corrected chi connectivity index (χ1v) is 12.4. The molecule has 4 heterocycles. The third kappa shape index (κ3) is 3.71. The van der Waals surface area contributed by atoms with Crippen molar-refractivity contribution in [2.24, 2.45) is 5.41 Å². The Morgan fingerprint density at radius 2 is 1.83 bits per heavy atom. The van der Waals surface area contributed by atoms with Crippen molar-refractivity contribution < 1.29 is 19.1 Å². The second-order valence-electron chi connectivity index (χ2n) is 10.5. The fourth-order valence-corrected chi connectivity index (χ4v) is 5.53. The molecule has 0 bridgehead atoms. The maximum atomic E-state index is 12.4. The third-order valence-electron chi connectivity index (χ3n) is 8.21. The molecule has 2 saturated heterocycles. The van der Waals surface area contributed by atoms with Crippen molar-refractivity contribution >= 4 is 0 Å². The number of pyridine rings is 1. The number of rotatable bonds is 7. The molecule has 0 amide bonds. The Morgan fingerprint density at radius 3 is 2.46 bits per heavy atom. The van der Waals surface area contributed by atoms with E-state index in [1.165, 1.54) is 18.4 Å². The largest absolute Gasteiger partial charge is 0.381 e. The number of aliphatic hydroxyl groups is 1. The van der Waals surface area contributed by atoms with Crippen LogP contribution in [0.5, 0.6) is 0 Å². The molecule has 3 aliphatic rings. The highest BCUT2D eigenvalue weighted by Gasteiger charge is 2.53. The molecule has 0 spiro atoms. The van der Waals surface area contributed by atoms with Gasteiger partial charge in [-0.3, -0.25) is 4.98 Å². The lowest BCUT2D eigenvalue weighted by molar-refractivity contribution is -0.101. The standard InChI is InChI=1S/C27H32N4O4/c1-25(16-29-17-25)27(32,21-7-5-19(6-8-21)18-3-4-18)22-13-20(14-28-15-22)23-30-24(31-35-23)26(33-2)9-11-34-12-10-26/h5-8,13-15,18,29,32H,3-4,9-12,16-17H2,1-2H3/t27-/m0/s1. The number of methoxy groups -OCH3 is 1. The highest BCUT2D eigenvalue weighted by Crippen LogP contribution is 2.49. The Labute approximate surface area is 205 Å². The van der Waals surface area contributed by atoms with Crippen LogP contribution in [0.2, 0.25) is 0 Å². The Hall–Kier alpha value is -2.65. The van der Waals surface area contributed by atoms with E-state index in [1.54, 1.807) is 19.5 Å². The summed E-state index contributed by atoms with van der Waals surface area (Å²) in [5.74, 6) is 1.55. The quantitative estimate of drug-likeness (QED) is 0.534. The number of hydrogen-bond acceptors (Lipinski definition) is 8. The Balaban J connectivity index is 1.37. The van der Waals surface area contributed by atoms with E-state index >= 15 is 0 Å². The highest BCUT2D eigenvalue weighted by molar-refractivity contribution is 5.55. The van der Waals surface area contributed by atoms with E-state index in [0.717, 1.165) is 5.56 Å². The lowest BCUT2D eigenvalue weighted by Crippen LogP contribution is -2.63. The molecular weight excluding hydrogens is 444 g/mol. The number of ether oxygens (including phenoxy) is 2. The maximum Gasteiger partial charge on any atom is 0.259 e. The summed E-state index contributed by atoms with van der Waals surface area (Å²) in [5.41, 5.74) is 1.39.